The molecule has 154 valence electrons. The van der Waals surface area contributed by atoms with Gasteiger partial charge in [-0.3, -0.25) is 9.78 Å². The molecule has 2 aromatic heterocycles. The molecule has 2 heterocycles. The van der Waals surface area contributed by atoms with E-state index in [9.17, 15) is 9.18 Å². The number of hydrogen-bond acceptors (Lipinski definition) is 6. The molecule has 0 N–H and O–H groups in total. The minimum atomic E-state index is -0.181. The van der Waals surface area contributed by atoms with E-state index in [1.807, 2.05) is 30.3 Å². The van der Waals surface area contributed by atoms with Crippen LogP contribution in [0, 0.1) is 0 Å². The zero-order chi connectivity index (χ0) is 21.8. The van der Waals surface area contributed by atoms with Crippen LogP contribution in [0.2, 0.25) is 0 Å². The lowest BCUT2D eigenvalue weighted by Crippen LogP contribution is -2.21. The van der Waals surface area contributed by atoms with E-state index in [0.29, 0.717) is 40.3 Å². The molecule has 0 unspecified atom stereocenters. The third-order valence-electron chi connectivity index (χ3n) is 4.52. The number of carbonyl (C=O) groups excluding carboxylic acids is 1. The highest BCUT2D eigenvalue weighted by Crippen LogP contribution is 2.28. The maximum atomic E-state index is 13.0. The van der Waals surface area contributed by atoms with E-state index in [4.69, 9.17) is 4.42 Å². The first-order valence-corrected chi connectivity index (χ1v) is 9.41. The number of benzene rings is 2. The molecule has 31 heavy (non-hydrogen) atoms. The molecule has 4 aromatic rings. The summed E-state index contributed by atoms with van der Waals surface area (Å²) in [6, 6.07) is 14.4. The Labute approximate surface area is 177 Å². The van der Waals surface area contributed by atoms with Crippen LogP contribution < -0.4 is 0 Å². The van der Waals surface area contributed by atoms with Crippen LogP contribution in [0.15, 0.2) is 71.7 Å². The Hall–Kier alpha value is -4.20. The van der Waals surface area contributed by atoms with Crippen LogP contribution in [0.1, 0.15) is 15.9 Å². The van der Waals surface area contributed by atoms with Gasteiger partial charge in [0.05, 0.1) is 24.4 Å². The zero-order valence-corrected chi connectivity index (χ0v) is 16.9. The minimum absolute atomic E-state index is 0.181. The molecule has 4 rings (SSSR count). The Bertz CT molecular complexity index is 1250. The van der Waals surface area contributed by atoms with Crippen LogP contribution in [-0.2, 0) is 0 Å². The highest BCUT2D eigenvalue weighted by molar-refractivity contribution is 5.95. The fraction of sp³-hybridized carbons (Fsp3) is 0.0870. The Balaban J connectivity index is 1.72. The number of amides is 1. The number of hydrogen-bond donors (Lipinski definition) is 0. The van der Waals surface area contributed by atoms with Gasteiger partial charge in [-0.2, -0.15) is 0 Å². The SMILES string of the molecule is CN(C)C(=O)c1ccc(-c2cncc(-c3nnc(-c4ccccc4)o3)n2)c(/C=C/F)c1. The molecule has 0 radical (unpaired) electrons. The largest absolute Gasteiger partial charge is 0.415 e. The monoisotopic (exact) mass is 415 g/mol. The smallest absolute Gasteiger partial charge is 0.268 e. The number of aromatic nitrogens is 4. The molecule has 7 nitrogen and oxygen atoms in total. The molecular weight excluding hydrogens is 397 g/mol. The molecule has 0 atom stereocenters. The third-order valence-corrected chi connectivity index (χ3v) is 4.52. The van der Waals surface area contributed by atoms with E-state index in [0.717, 1.165) is 5.56 Å². The summed E-state index contributed by atoms with van der Waals surface area (Å²) in [4.78, 5) is 22.5. The van der Waals surface area contributed by atoms with Gasteiger partial charge in [0.1, 0.15) is 5.69 Å². The van der Waals surface area contributed by atoms with Gasteiger partial charge in [-0.15, -0.1) is 10.2 Å². The van der Waals surface area contributed by atoms with Gasteiger partial charge < -0.3 is 9.32 Å². The lowest BCUT2D eigenvalue weighted by molar-refractivity contribution is 0.0827. The summed E-state index contributed by atoms with van der Waals surface area (Å²) in [5, 5.41) is 8.14. The van der Waals surface area contributed by atoms with Crippen molar-refractivity contribution in [3.63, 3.8) is 0 Å². The number of halogens is 1. The summed E-state index contributed by atoms with van der Waals surface area (Å²) in [5.74, 6) is 0.407. The molecular formula is C23H18FN5O2. The molecule has 1 amide bonds. The van der Waals surface area contributed by atoms with Crippen LogP contribution in [0.4, 0.5) is 4.39 Å². The summed E-state index contributed by atoms with van der Waals surface area (Å²) in [6.45, 7) is 0. The highest BCUT2D eigenvalue weighted by Gasteiger charge is 2.16. The number of nitrogens with zero attached hydrogens (tertiary/aromatic N) is 5. The summed E-state index contributed by atoms with van der Waals surface area (Å²) in [6.07, 6.45) is 4.76. The Morgan fingerprint density at radius 3 is 2.48 bits per heavy atom. The molecule has 0 bridgehead atoms. The Morgan fingerprint density at radius 2 is 1.74 bits per heavy atom. The second-order valence-corrected chi connectivity index (χ2v) is 6.86. The molecule has 0 saturated carbocycles. The average Bonchev–Trinajstić information content (AvgIpc) is 3.30. The maximum Gasteiger partial charge on any atom is 0.268 e. The van der Waals surface area contributed by atoms with Crippen LogP contribution in [0.5, 0.6) is 0 Å². The van der Waals surface area contributed by atoms with E-state index in [1.54, 1.807) is 38.5 Å². The van der Waals surface area contributed by atoms with Gasteiger partial charge in [-0.1, -0.05) is 24.3 Å². The summed E-state index contributed by atoms with van der Waals surface area (Å²) in [7, 11) is 3.31. The zero-order valence-electron chi connectivity index (χ0n) is 16.9. The van der Waals surface area contributed by atoms with Gasteiger partial charge in [0.25, 0.3) is 11.8 Å². The van der Waals surface area contributed by atoms with Crippen molar-refractivity contribution >= 4 is 12.0 Å². The van der Waals surface area contributed by atoms with Crippen molar-refractivity contribution in [1.82, 2.24) is 25.1 Å². The first-order valence-electron chi connectivity index (χ1n) is 9.41. The first-order chi connectivity index (χ1) is 15.1. The molecule has 0 fully saturated rings. The molecule has 0 aliphatic heterocycles. The lowest BCUT2D eigenvalue weighted by Gasteiger charge is -2.12. The van der Waals surface area contributed by atoms with E-state index < -0.39 is 0 Å². The summed E-state index contributed by atoms with van der Waals surface area (Å²) >= 11 is 0. The second-order valence-electron chi connectivity index (χ2n) is 6.86. The fourth-order valence-corrected chi connectivity index (χ4v) is 3.02. The van der Waals surface area contributed by atoms with Crippen LogP contribution in [0.25, 0.3) is 40.4 Å². The van der Waals surface area contributed by atoms with E-state index in [-0.39, 0.29) is 11.8 Å². The third kappa shape index (κ3) is 4.23. The Kier molecular flexibility index (Phi) is 5.61. The van der Waals surface area contributed by atoms with E-state index >= 15 is 0 Å². The first kappa shape index (κ1) is 20.1. The van der Waals surface area contributed by atoms with Gasteiger partial charge in [-0.05, 0) is 35.9 Å². The van der Waals surface area contributed by atoms with Gasteiger partial charge in [-0.25, -0.2) is 9.37 Å². The summed E-state index contributed by atoms with van der Waals surface area (Å²) in [5.41, 5.74) is 3.21. The van der Waals surface area contributed by atoms with Crippen molar-refractivity contribution in [2.45, 2.75) is 0 Å². The van der Waals surface area contributed by atoms with Gasteiger partial charge in [0, 0.05) is 30.8 Å². The quantitative estimate of drug-likeness (QED) is 0.477. The van der Waals surface area contributed by atoms with Gasteiger partial charge in [0.2, 0.25) is 5.89 Å². The number of carbonyl (C=O) groups is 1. The van der Waals surface area contributed by atoms with E-state index in [1.165, 1.54) is 17.2 Å². The van der Waals surface area contributed by atoms with Crippen molar-refractivity contribution in [2.75, 3.05) is 14.1 Å². The number of rotatable bonds is 5. The van der Waals surface area contributed by atoms with Gasteiger partial charge >= 0.3 is 0 Å². The molecule has 0 spiro atoms. The normalized spacial score (nSPS) is 11.1. The van der Waals surface area contributed by atoms with Crippen LogP contribution >= 0.6 is 0 Å². The van der Waals surface area contributed by atoms with Crippen molar-refractivity contribution < 1.29 is 13.6 Å². The predicted octanol–water partition coefficient (Wildman–Crippen LogP) is 4.50. The van der Waals surface area contributed by atoms with Crippen LogP contribution in [0.3, 0.4) is 0 Å². The average molecular weight is 415 g/mol. The molecule has 2 aromatic carbocycles. The predicted molar refractivity (Wildman–Crippen MR) is 114 cm³/mol. The van der Waals surface area contributed by atoms with Gasteiger partial charge in [0.15, 0.2) is 0 Å². The molecule has 0 aliphatic carbocycles. The molecule has 8 heteroatoms. The van der Waals surface area contributed by atoms with Crippen molar-refractivity contribution in [2.24, 2.45) is 0 Å². The molecule has 0 aliphatic rings. The van der Waals surface area contributed by atoms with E-state index in [2.05, 4.69) is 20.2 Å². The molecule has 0 saturated heterocycles. The second kappa shape index (κ2) is 8.66. The lowest BCUT2D eigenvalue weighted by atomic mass is 10.0. The Morgan fingerprint density at radius 1 is 1.00 bits per heavy atom. The maximum absolute atomic E-state index is 13.0. The standard InChI is InChI=1S/C23H18FN5O2/c1-29(2)23(30)17-8-9-18(16(12-17)10-11-24)19-13-25-14-20(26-19)22-28-27-21(31-22)15-6-4-3-5-7-15/h3-14H,1-2H3/b11-10+. The summed E-state index contributed by atoms with van der Waals surface area (Å²) < 4.78 is 18.8. The van der Waals surface area contributed by atoms with Crippen molar-refractivity contribution in [3.8, 4) is 34.3 Å². The van der Waals surface area contributed by atoms with Crippen molar-refractivity contribution in [3.05, 3.63) is 78.4 Å². The van der Waals surface area contributed by atoms with Crippen molar-refractivity contribution in [1.29, 1.82) is 0 Å². The highest BCUT2D eigenvalue weighted by atomic mass is 19.1. The topological polar surface area (TPSA) is 85.0 Å². The fourth-order valence-electron chi connectivity index (χ4n) is 3.02. The van der Waals surface area contributed by atoms with Crippen LogP contribution in [-0.4, -0.2) is 45.1 Å². The minimum Gasteiger partial charge on any atom is -0.415 e.